The van der Waals surface area contributed by atoms with E-state index in [0.29, 0.717) is 12.6 Å². The lowest BCUT2D eigenvalue weighted by Gasteiger charge is -2.06. The molecule has 1 heterocycles. The van der Waals surface area contributed by atoms with Gasteiger partial charge in [-0.2, -0.15) is 0 Å². The Bertz CT molecular complexity index is 810. The van der Waals surface area contributed by atoms with Crippen LogP contribution in [0.2, 0.25) is 0 Å². The molecule has 0 bridgehead atoms. The molecule has 1 amide bonds. The lowest BCUT2D eigenvalue weighted by atomic mass is 10.1. The number of aromatic nitrogens is 1. The minimum absolute atomic E-state index is 0.0172. The fourth-order valence-corrected chi connectivity index (χ4v) is 3.11. The molecule has 0 radical (unpaired) electrons. The van der Waals surface area contributed by atoms with E-state index >= 15 is 0 Å². The number of carbonyl (C=O) groups excluding carboxylic acids is 2. The molecule has 1 aliphatic rings. The number of benzene rings is 1. The van der Waals surface area contributed by atoms with Crippen LogP contribution < -0.4 is 5.32 Å². The highest BCUT2D eigenvalue weighted by molar-refractivity contribution is 6.08. The minimum Gasteiger partial charge on any atom is -0.348 e. The second kappa shape index (κ2) is 6.03. The molecule has 1 aromatic carbocycles. The Balaban J connectivity index is 1.96. The van der Waals surface area contributed by atoms with Crippen molar-refractivity contribution in [3.8, 4) is 0 Å². The zero-order valence-corrected chi connectivity index (χ0v) is 13.8. The van der Waals surface area contributed by atoms with Crippen LogP contribution in [0.25, 0.3) is 10.9 Å². The zero-order valence-electron chi connectivity index (χ0n) is 13.8. The van der Waals surface area contributed by atoms with Crippen LogP contribution in [-0.2, 0) is 4.79 Å². The van der Waals surface area contributed by atoms with Crippen molar-refractivity contribution in [3.63, 3.8) is 0 Å². The first-order valence-corrected chi connectivity index (χ1v) is 8.05. The zero-order chi connectivity index (χ0) is 16.6. The molecule has 0 aliphatic heterocycles. The number of allylic oxidation sites excluding steroid dienone is 1. The molecule has 1 N–H and O–H groups in total. The first-order chi connectivity index (χ1) is 11.0. The molecule has 0 atom stereocenters. The standard InChI is InChI=1S/C19H22N2O2/c1-12-6-9-17-16(11-12)18(14(3)21(17)15-7-8-15)19(23)20-10-4-5-13(2)22/h4-6,9,11,15H,7-8,10H2,1-3H3,(H,20,23)/b5-4+. The van der Waals surface area contributed by atoms with Crippen LogP contribution >= 0.6 is 0 Å². The Morgan fingerprint density at radius 3 is 2.70 bits per heavy atom. The Morgan fingerprint density at radius 2 is 2.04 bits per heavy atom. The monoisotopic (exact) mass is 310 g/mol. The van der Waals surface area contributed by atoms with Crippen molar-refractivity contribution in [3.05, 3.63) is 47.2 Å². The highest BCUT2D eigenvalue weighted by Gasteiger charge is 2.29. The van der Waals surface area contributed by atoms with Crippen LogP contribution in [0.1, 0.15) is 47.4 Å². The highest BCUT2D eigenvalue weighted by Crippen LogP contribution is 2.41. The Morgan fingerprint density at radius 1 is 1.30 bits per heavy atom. The fourth-order valence-electron chi connectivity index (χ4n) is 3.11. The van der Waals surface area contributed by atoms with Crippen molar-refractivity contribution in [1.82, 2.24) is 9.88 Å². The van der Waals surface area contributed by atoms with Gasteiger partial charge in [-0.15, -0.1) is 0 Å². The van der Waals surface area contributed by atoms with Gasteiger partial charge in [0.25, 0.3) is 5.91 Å². The Labute approximate surface area is 136 Å². The van der Waals surface area contributed by atoms with E-state index in [4.69, 9.17) is 0 Å². The van der Waals surface area contributed by atoms with E-state index in [1.807, 2.05) is 13.8 Å². The van der Waals surface area contributed by atoms with Gasteiger partial charge in [0.1, 0.15) is 0 Å². The van der Waals surface area contributed by atoms with Crippen molar-refractivity contribution in [1.29, 1.82) is 0 Å². The molecule has 1 aliphatic carbocycles. The lowest BCUT2D eigenvalue weighted by molar-refractivity contribution is -0.112. The van der Waals surface area contributed by atoms with Crippen LogP contribution in [-0.4, -0.2) is 22.8 Å². The third kappa shape index (κ3) is 3.07. The number of amides is 1. The Kier molecular flexibility index (Phi) is 4.07. The Hall–Kier alpha value is -2.36. The number of nitrogens with one attached hydrogen (secondary N) is 1. The second-order valence-corrected chi connectivity index (χ2v) is 6.31. The van der Waals surface area contributed by atoms with E-state index in [2.05, 4.69) is 28.1 Å². The molecule has 0 unspecified atom stereocenters. The molecular formula is C19H22N2O2. The van der Waals surface area contributed by atoms with Crippen LogP contribution in [0.3, 0.4) is 0 Å². The summed E-state index contributed by atoms with van der Waals surface area (Å²) in [5.41, 5.74) is 4.07. The van der Waals surface area contributed by atoms with E-state index < -0.39 is 0 Å². The maximum Gasteiger partial charge on any atom is 0.253 e. The third-order valence-corrected chi connectivity index (χ3v) is 4.28. The van der Waals surface area contributed by atoms with Crippen molar-refractivity contribution >= 4 is 22.6 Å². The average molecular weight is 310 g/mol. The lowest BCUT2D eigenvalue weighted by Crippen LogP contribution is -2.24. The third-order valence-electron chi connectivity index (χ3n) is 4.28. The van der Waals surface area contributed by atoms with E-state index in [9.17, 15) is 9.59 Å². The normalized spacial score (nSPS) is 14.6. The molecule has 23 heavy (non-hydrogen) atoms. The largest absolute Gasteiger partial charge is 0.348 e. The van der Waals surface area contributed by atoms with Gasteiger partial charge in [0.15, 0.2) is 5.78 Å². The average Bonchev–Trinajstić information content (AvgIpc) is 3.27. The maximum absolute atomic E-state index is 12.6. The summed E-state index contributed by atoms with van der Waals surface area (Å²) < 4.78 is 2.30. The smallest absolute Gasteiger partial charge is 0.253 e. The van der Waals surface area contributed by atoms with E-state index in [1.165, 1.54) is 25.8 Å². The van der Waals surface area contributed by atoms with Crippen LogP contribution in [0.5, 0.6) is 0 Å². The van der Waals surface area contributed by atoms with Crippen molar-refractivity contribution in [2.24, 2.45) is 0 Å². The summed E-state index contributed by atoms with van der Waals surface area (Å²) >= 11 is 0. The molecule has 1 fully saturated rings. The van der Waals surface area contributed by atoms with Crippen molar-refractivity contribution in [2.45, 2.75) is 39.7 Å². The number of carbonyl (C=O) groups is 2. The molecular weight excluding hydrogens is 288 g/mol. The van der Waals surface area contributed by atoms with E-state index in [1.54, 1.807) is 6.08 Å². The van der Waals surface area contributed by atoms with Gasteiger partial charge >= 0.3 is 0 Å². The van der Waals surface area contributed by atoms with Gasteiger partial charge in [-0.3, -0.25) is 9.59 Å². The van der Waals surface area contributed by atoms with E-state index in [-0.39, 0.29) is 11.7 Å². The molecule has 4 nitrogen and oxygen atoms in total. The molecule has 3 rings (SSSR count). The maximum atomic E-state index is 12.6. The predicted molar refractivity (Wildman–Crippen MR) is 91.8 cm³/mol. The van der Waals surface area contributed by atoms with Crippen molar-refractivity contribution in [2.75, 3.05) is 6.54 Å². The number of hydrogen-bond donors (Lipinski definition) is 1. The number of fused-ring (bicyclic) bond motifs is 1. The number of rotatable bonds is 5. The van der Waals surface area contributed by atoms with E-state index in [0.717, 1.165) is 27.7 Å². The summed E-state index contributed by atoms with van der Waals surface area (Å²) in [5.74, 6) is -0.0953. The minimum atomic E-state index is -0.0781. The van der Waals surface area contributed by atoms with Crippen LogP contribution in [0.15, 0.2) is 30.4 Å². The van der Waals surface area contributed by atoms with Gasteiger partial charge in [-0.1, -0.05) is 17.7 Å². The van der Waals surface area contributed by atoms with Gasteiger partial charge in [0, 0.05) is 29.2 Å². The summed E-state index contributed by atoms with van der Waals surface area (Å²) in [6.07, 6.45) is 5.52. The molecule has 2 aromatic rings. The number of nitrogens with zero attached hydrogens (tertiary/aromatic N) is 1. The molecule has 120 valence electrons. The predicted octanol–water partition coefficient (Wildman–Crippen LogP) is 3.47. The number of hydrogen-bond acceptors (Lipinski definition) is 2. The first kappa shape index (κ1) is 15.5. The summed E-state index contributed by atoms with van der Waals surface area (Å²) in [7, 11) is 0. The topological polar surface area (TPSA) is 51.1 Å². The van der Waals surface area contributed by atoms with Gasteiger partial charge in [-0.25, -0.2) is 0 Å². The first-order valence-electron chi connectivity index (χ1n) is 8.05. The fraction of sp³-hybridized carbons (Fsp3) is 0.368. The molecule has 0 spiro atoms. The van der Waals surface area contributed by atoms with Gasteiger partial charge in [0.05, 0.1) is 5.56 Å². The molecule has 1 aromatic heterocycles. The molecule has 4 heteroatoms. The van der Waals surface area contributed by atoms with Gasteiger partial charge < -0.3 is 9.88 Å². The summed E-state index contributed by atoms with van der Waals surface area (Å²) in [6.45, 7) is 5.92. The molecule has 0 saturated heterocycles. The van der Waals surface area contributed by atoms with Gasteiger partial charge in [0.2, 0.25) is 0 Å². The summed E-state index contributed by atoms with van der Waals surface area (Å²) in [6, 6.07) is 6.82. The van der Waals surface area contributed by atoms with Gasteiger partial charge in [-0.05, 0) is 51.8 Å². The summed E-state index contributed by atoms with van der Waals surface area (Å²) in [4.78, 5) is 23.6. The second-order valence-electron chi connectivity index (χ2n) is 6.31. The SMILES string of the molecule is CC(=O)/C=C/CNC(=O)c1c(C)n(C2CC2)c2ccc(C)cc12. The number of aryl methyl sites for hydroxylation is 1. The van der Waals surface area contributed by atoms with Crippen LogP contribution in [0.4, 0.5) is 0 Å². The van der Waals surface area contributed by atoms with Crippen molar-refractivity contribution < 1.29 is 9.59 Å². The molecule has 1 saturated carbocycles. The summed E-state index contributed by atoms with van der Waals surface area (Å²) in [5, 5.41) is 3.90. The van der Waals surface area contributed by atoms with Crippen LogP contribution in [0, 0.1) is 13.8 Å². The number of ketones is 1. The quantitative estimate of drug-likeness (QED) is 0.860. The highest BCUT2D eigenvalue weighted by atomic mass is 16.1.